The van der Waals surface area contributed by atoms with E-state index in [1.165, 1.54) is 0 Å². The molecule has 6 heteroatoms. The molecule has 1 aliphatic rings. The largest absolute Gasteiger partial charge is 0.443 e. The minimum absolute atomic E-state index is 0. The number of alkyl halides is 2. The molecule has 94 valence electrons. The third-order valence-corrected chi connectivity index (χ3v) is 2.58. The van der Waals surface area contributed by atoms with Crippen molar-refractivity contribution in [2.24, 2.45) is 0 Å². The van der Waals surface area contributed by atoms with Crippen molar-refractivity contribution in [1.29, 1.82) is 0 Å². The van der Waals surface area contributed by atoms with E-state index in [-0.39, 0.29) is 12.4 Å². The van der Waals surface area contributed by atoms with E-state index < -0.39 is 24.7 Å². The highest BCUT2D eigenvalue weighted by Gasteiger charge is 2.47. The van der Waals surface area contributed by atoms with E-state index in [9.17, 15) is 13.6 Å². The van der Waals surface area contributed by atoms with Crippen molar-refractivity contribution in [3.63, 3.8) is 0 Å². The second-order valence-electron chi connectivity index (χ2n) is 3.77. The summed E-state index contributed by atoms with van der Waals surface area (Å²) in [6.45, 7) is 0.852. The number of carbonyl (C=O) groups excluding carboxylic acids is 1. The second kappa shape index (κ2) is 4.87. The third-order valence-electron chi connectivity index (χ3n) is 2.58. The molecule has 0 spiro atoms. The van der Waals surface area contributed by atoms with Gasteiger partial charge in [0, 0.05) is 0 Å². The van der Waals surface area contributed by atoms with Crippen LogP contribution in [0.4, 0.5) is 13.6 Å². The standard InChI is InChI=1S/C11H11F2NO2.ClH/c1-7-4-2-3-5-8(7)9-11(12,13)6-16-10(15)14-9;/h2-5,9H,6H2,1H3,(H,14,15);1H/t9-;/m0./s1. The second-order valence-corrected chi connectivity index (χ2v) is 3.77. The summed E-state index contributed by atoms with van der Waals surface area (Å²) in [5, 5.41) is 2.15. The van der Waals surface area contributed by atoms with Crippen LogP contribution in [-0.2, 0) is 4.74 Å². The highest BCUT2D eigenvalue weighted by atomic mass is 35.5. The molecule has 0 radical (unpaired) electrons. The predicted octanol–water partition coefficient (Wildman–Crippen LogP) is 2.83. The molecular formula is C11H12ClF2NO2. The molecule has 1 fully saturated rings. The Balaban J connectivity index is 0.00000144. The van der Waals surface area contributed by atoms with Gasteiger partial charge in [0.05, 0.1) is 0 Å². The maximum atomic E-state index is 13.6. The van der Waals surface area contributed by atoms with Gasteiger partial charge in [-0.15, -0.1) is 12.4 Å². The number of halogens is 3. The lowest BCUT2D eigenvalue weighted by Crippen LogP contribution is -2.49. The van der Waals surface area contributed by atoms with Gasteiger partial charge in [0.15, 0.2) is 6.61 Å². The summed E-state index contributed by atoms with van der Waals surface area (Å²) < 4.78 is 31.4. The molecule has 1 heterocycles. The Morgan fingerprint density at radius 2 is 2.06 bits per heavy atom. The first kappa shape index (κ1) is 13.7. The van der Waals surface area contributed by atoms with Gasteiger partial charge in [-0.2, -0.15) is 0 Å². The molecule has 1 aromatic carbocycles. The molecule has 0 unspecified atom stereocenters. The summed E-state index contributed by atoms with van der Waals surface area (Å²) in [5.41, 5.74) is 1.14. The molecule has 2 rings (SSSR count). The summed E-state index contributed by atoms with van der Waals surface area (Å²) in [6.07, 6.45) is -0.806. The van der Waals surface area contributed by atoms with Gasteiger partial charge in [-0.1, -0.05) is 24.3 Å². The van der Waals surface area contributed by atoms with E-state index in [2.05, 4.69) is 10.1 Å². The lowest BCUT2D eigenvalue weighted by atomic mass is 9.96. The Morgan fingerprint density at radius 3 is 2.71 bits per heavy atom. The summed E-state index contributed by atoms with van der Waals surface area (Å²) >= 11 is 0. The summed E-state index contributed by atoms with van der Waals surface area (Å²) in [6, 6.07) is 5.43. The van der Waals surface area contributed by atoms with Crippen LogP contribution in [0.3, 0.4) is 0 Å². The number of nitrogens with one attached hydrogen (secondary N) is 1. The maximum Gasteiger partial charge on any atom is 0.408 e. The highest BCUT2D eigenvalue weighted by Crippen LogP contribution is 2.35. The van der Waals surface area contributed by atoms with E-state index in [0.717, 1.165) is 5.56 Å². The SMILES string of the molecule is Cc1ccccc1[C@@H]1NC(=O)OCC1(F)F.Cl. The first-order valence-electron chi connectivity index (χ1n) is 4.87. The lowest BCUT2D eigenvalue weighted by Gasteiger charge is -2.32. The average Bonchev–Trinajstić information content (AvgIpc) is 2.23. The topological polar surface area (TPSA) is 38.3 Å². The Kier molecular flexibility index (Phi) is 3.93. The summed E-state index contributed by atoms with van der Waals surface area (Å²) in [4.78, 5) is 11.0. The minimum atomic E-state index is -3.08. The fourth-order valence-corrected chi connectivity index (χ4v) is 1.73. The fraction of sp³-hybridized carbons (Fsp3) is 0.364. The van der Waals surface area contributed by atoms with E-state index >= 15 is 0 Å². The van der Waals surface area contributed by atoms with Crippen molar-refractivity contribution < 1.29 is 18.3 Å². The van der Waals surface area contributed by atoms with Gasteiger partial charge >= 0.3 is 12.0 Å². The van der Waals surface area contributed by atoms with Gasteiger partial charge in [-0.3, -0.25) is 0 Å². The smallest absolute Gasteiger partial charge is 0.408 e. The zero-order chi connectivity index (χ0) is 11.8. The molecule has 0 saturated carbocycles. The zero-order valence-corrected chi connectivity index (χ0v) is 9.89. The van der Waals surface area contributed by atoms with Crippen molar-refractivity contribution in [2.45, 2.75) is 18.9 Å². The number of ether oxygens (including phenoxy) is 1. The van der Waals surface area contributed by atoms with Crippen molar-refractivity contribution in [1.82, 2.24) is 5.32 Å². The zero-order valence-electron chi connectivity index (χ0n) is 9.07. The van der Waals surface area contributed by atoms with Crippen LogP contribution in [0.15, 0.2) is 24.3 Å². The maximum absolute atomic E-state index is 13.6. The minimum Gasteiger partial charge on any atom is -0.443 e. The van der Waals surface area contributed by atoms with Crippen molar-refractivity contribution >= 4 is 18.5 Å². The molecule has 0 aromatic heterocycles. The summed E-state index contributed by atoms with van der Waals surface area (Å²) in [7, 11) is 0. The van der Waals surface area contributed by atoms with Crippen LogP contribution in [0.2, 0.25) is 0 Å². The van der Waals surface area contributed by atoms with Crippen molar-refractivity contribution in [3.8, 4) is 0 Å². The van der Waals surface area contributed by atoms with Crippen LogP contribution in [0, 0.1) is 6.92 Å². The first-order chi connectivity index (χ1) is 7.50. The number of hydrogen-bond donors (Lipinski definition) is 1. The number of benzene rings is 1. The molecule has 0 bridgehead atoms. The molecule has 17 heavy (non-hydrogen) atoms. The predicted molar refractivity (Wildman–Crippen MR) is 60.6 cm³/mol. The number of alkyl carbamates (subject to hydrolysis) is 1. The van der Waals surface area contributed by atoms with Crippen LogP contribution in [0.25, 0.3) is 0 Å². The fourth-order valence-electron chi connectivity index (χ4n) is 1.73. The monoisotopic (exact) mass is 263 g/mol. The first-order valence-corrected chi connectivity index (χ1v) is 4.87. The number of carbonyl (C=O) groups is 1. The van der Waals surface area contributed by atoms with Gasteiger partial charge in [-0.05, 0) is 18.1 Å². The number of amides is 1. The lowest BCUT2D eigenvalue weighted by molar-refractivity contribution is -0.104. The van der Waals surface area contributed by atoms with Gasteiger partial charge in [0.2, 0.25) is 0 Å². The van der Waals surface area contributed by atoms with Gasteiger partial charge < -0.3 is 10.1 Å². The molecule has 1 atom stereocenters. The molecule has 1 aliphatic heterocycles. The number of rotatable bonds is 1. The van der Waals surface area contributed by atoms with Gasteiger partial charge in [0.25, 0.3) is 0 Å². The molecule has 1 N–H and O–H groups in total. The van der Waals surface area contributed by atoms with Crippen LogP contribution in [0.5, 0.6) is 0 Å². The van der Waals surface area contributed by atoms with Gasteiger partial charge in [-0.25, -0.2) is 13.6 Å². The van der Waals surface area contributed by atoms with Crippen molar-refractivity contribution in [2.75, 3.05) is 6.61 Å². The van der Waals surface area contributed by atoms with E-state index in [0.29, 0.717) is 5.56 Å². The van der Waals surface area contributed by atoms with E-state index in [1.54, 1.807) is 31.2 Å². The van der Waals surface area contributed by atoms with Crippen LogP contribution < -0.4 is 5.32 Å². The van der Waals surface area contributed by atoms with Crippen molar-refractivity contribution in [3.05, 3.63) is 35.4 Å². The summed E-state index contributed by atoms with van der Waals surface area (Å²) in [5.74, 6) is -3.08. The molecule has 1 saturated heterocycles. The van der Waals surface area contributed by atoms with Gasteiger partial charge in [0.1, 0.15) is 6.04 Å². The Bertz CT molecular complexity index is 426. The van der Waals surface area contributed by atoms with Crippen LogP contribution in [0.1, 0.15) is 17.2 Å². The number of hydrogen-bond acceptors (Lipinski definition) is 2. The molecular weight excluding hydrogens is 252 g/mol. The van der Waals surface area contributed by atoms with Crippen LogP contribution in [-0.4, -0.2) is 18.6 Å². The average molecular weight is 264 g/mol. The van der Waals surface area contributed by atoms with Crippen LogP contribution >= 0.6 is 12.4 Å². The van der Waals surface area contributed by atoms with E-state index in [4.69, 9.17) is 0 Å². The number of cyclic esters (lactones) is 1. The quantitative estimate of drug-likeness (QED) is 0.846. The Labute approximate surface area is 104 Å². The molecule has 1 aromatic rings. The Hall–Kier alpha value is -1.36. The Morgan fingerprint density at radius 1 is 1.41 bits per heavy atom. The van der Waals surface area contributed by atoms with E-state index in [1.807, 2.05) is 0 Å². The third kappa shape index (κ3) is 2.66. The normalized spacial score (nSPS) is 22.1. The highest BCUT2D eigenvalue weighted by molar-refractivity contribution is 5.85. The molecule has 0 aliphatic carbocycles. The molecule has 1 amide bonds. The molecule has 3 nitrogen and oxygen atoms in total. The number of aryl methyl sites for hydroxylation is 1.